The third kappa shape index (κ3) is 4.04. The number of nitrogens with zero attached hydrogens (tertiary/aromatic N) is 1. The van der Waals surface area contributed by atoms with Crippen LogP contribution in [0.1, 0.15) is 25.3 Å². The van der Waals surface area contributed by atoms with E-state index in [4.69, 9.17) is 11.0 Å². The van der Waals surface area contributed by atoms with Crippen molar-refractivity contribution in [1.29, 1.82) is 5.26 Å². The predicted molar refractivity (Wildman–Crippen MR) is 79.5 cm³/mol. The molecule has 0 aromatic heterocycles. The molecule has 0 spiro atoms. The van der Waals surface area contributed by atoms with E-state index in [-0.39, 0.29) is 5.57 Å². The van der Waals surface area contributed by atoms with Gasteiger partial charge in [0.05, 0.1) is 5.03 Å². The molecule has 0 atom stereocenters. The third-order valence-electron chi connectivity index (χ3n) is 2.62. The molecule has 0 unspecified atom stereocenters. The third-order valence-corrected chi connectivity index (χ3v) is 3.34. The highest BCUT2D eigenvalue weighted by atomic mass is 32.2. The Balaban J connectivity index is 3.00. The normalized spacial score (nSPS) is 11.7. The Labute approximate surface area is 117 Å². The van der Waals surface area contributed by atoms with Gasteiger partial charge in [0, 0.05) is 5.69 Å². The number of thioether (sulfide) groups is 1. The zero-order valence-corrected chi connectivity index (χ0v) is 12.0. The molecule has 0 fully saturated rings. The second-order valence-electron chi connectivity index (χ2n) is 4.29. The summed E-state index contributed by atoms with van der Waals surface area (Å²) in [7, 11) is 0. The monoisotopic (exact) mass is 275 g/mol. The summed E-state index contributed by atoms with van der Waals surface area (Å²) in [6.45, 7) is 4.24. The van der Waals surface area contributed by atoms with Gasteiger partial charge in [0.15, 0.2) is 0 Å². The van der Waals surface area contributed by atoms with Crippen molar-refractivity contribution < 1.29 is 4.79 Å². The Bertz CT molecular complexity index is 527. The van der Waals surface area contributed by atoms with Crippen molar-refractivity contribution >= 4 is 23.4 Å². The summed E-state index contributed by atoms with van der Waals surface area (Å²) in [5.41, 5.74) is 7.17. The lowest BCUT2D eigenvalue weighted by atomic mass is 10.0. The Morgan fingerprint density at radius 2 is 1.95 bits per heavy atom. The molecule has 19 heavy (non-hydrogen) atoms. The summed E-state index contributed by atoms with van der Waals surface area (Å²) in [5, 5.41) is 12.4. The number of hydrogen-bond acceptors (Lipinski definition) is 4. The van der Waals surface area contributed by atoms with E-state index in [1.165, 1.54) is 17.3 Å². The van der Waals surface area contributed by atoms with Crippen molar-refractivity contribution in [2.75, 3.05) is 11.6 Å². The lowest BCUT2D eigenvalue weighted by molar-refractivity contribution is -0.114. The number of nitriles is 1. The highest BCUT2D eigenvalue weighted by Crippen LogP contribution is 2.22. The zero-order chi connectivity index (χ0) is 14.4. The SMILES string of the molecule is CS/C(Nc1ccc(C(C)C)cc1)=C(\C#N)C(N)=O. The van der Waals surface area contributed by atoms with Crippen LogP contribution in [0.25, 0.3) is 0 Å². The van der Waals surface area contributed by atoms with Crippen LogP contribution >= 0.6 is 11.8 Å². The molecule has 3 N–H and O–H groups in total. The number of amides is 1. The summed E-state index contributed by atoms with van der Waals surface area (Å²) in [6, 6.07) is 9.69. The van der Waals surface area contributed by atoms with Crippen molar-refractivity contribution in [2.45, 2.75) is 19.8 Å². The lowest BCUT2D eigenvalue weighted by Crippen LogP contribution is -2.16. The van der Waals surface area contributed by atoms with Gasteiger partial charge >= 0.3 is 0 Å². The molecule has 0 saturated heterocycles. The number of anilines is 1. The van der Waals surface area contributed by atoms with Gasteiger partial charge in [-0.2, -0.15) is 5.26 Å². The summed E-state index contributed by atoms with van der Waals surface area (Å²) in [5.74, 6) is -0.261. The van der Waals surface area contributed by atoms with Crippen LogP contribution in [0.4, 0.5) is 5.69 Å². The fourth-order valence-electron chi connectivity index (χ4n) is 1.52. The van der Waals surface area contributed by atoms with Crippen LogP contribution in [0.5, 0.6) is 0 Å². The molecule has 0 heterocycles. The molecule has 4 nitrogen and oxygen atoms in total. The van der Waals surface area contributed by atoms with Gasteiger partial charge in [-0.3, -0.25) is 4.79 Å². The number of primary amides is 1. The Morgan fingerprint density at radius 1 is 1.37 bits per heavy atom. The maximum Gasteiger partial charge on any atom is 0.262 e. The molecule has 0 saturated carbocycles. The van der Waals surface area contributed by atoms with Gasteiger partial charge in [-0.1, -0.05) is 26.0 Å². The summed E-state index contributed by atoms with van der Waals surface area (Å²) < 4.78 is 0. The van der Waals surface area contributed by atoms with Gasteiger partial charge in [0.25, 0.3) is 5.91 Å². The first-order valence-corrected chi connectivity index (χ1v) is 7.07. The number of benzene rings is 1. The molecule has 1 aromatic rings. The van der Waals surface area contributed by atoms with Gasteiger partial charge in [0.2, 0.25) is 0 Å². The first-order chi connectivity index (χ1) is 8.99. The average molecular weight is 275 g/mol. The van der Waals surface area contributed by atoms with E-state index in [2.05, 4.69) is 19.2 Å². The van der Waals surface area contributed by atoms with Gasteiger partial charge < -0.3 is 11.1 Å². The first kappa shape index (κ1) is 15.1. The van der Waals surface area contributed by atoms with Crippen molar-refractivity contribution in [3.63, 3.8) is 0 Å². The number of nitrogens with one attached hydrogen (secondary N) is 1. The summed E-state index contributed by atoms with van der Waals surface area (Å²) in [4.78, 5) is 11.2. The standard InChI is InChI=1S/C14H17N3OS/c1-9(2)10-4-6-11(7-5-10)17-14(19-3)12(8-15)13(16)18/h4-7,9,17H,1-3H3,(H2,16,18)/b14-12+. The van der Waals surface area contributed by atoms with E-state index in [1.807, 2.05) is 30.3 Å². The highest BCUT2D eigenvalue weighted by Gasteiger charge is 2.12. The van der Waals surface area contributed by atoms with Crippen LogP contribution < -0.4 is 11.1 Å². The molecule has 5 heteroatoms. The van der Waals surface area contributed by atoms with E-state index < -0.39 is 5.91 Å². The number of hydrogen-bond donors (Lipinski definition) is 2. The molecule has 0 aliphatic carbocycles. The van der Waals surface area contributed by atoms with Crippen molar-refractivity contribution in [2.24, 2.45) is 5.73 Å². The molecule has 1 rings (SSSR count). The van der Waals surface area contributed by atoms with Crippen molar-refractivity contribution in [3.05, 3.63) is 40.4 Å². The minimum atomic E-state index is -0.724. The van der Waals surface area contributed by atoms with E-state index in [0.29, 0.717) is 10.9 Å². The highest BCUT2D eigenvalue weighted by molar-refractivity contribution is 8.02. The number of carbonyl (C=O) groups is 1. The van der Waals surface area contributed by atoms with Crippen LogP contribution in [0.2, 0.25) is 0 Å². The molecule has 0 aliphatic rings. The summed E-state index contributed by atoms with van der Waals surface area (Å²) >= 11 is 1.28. The molecule has 100 valence electrons. The average Bonchev–Trinajstić information content (AvgIpc) is 2.38. The van der Waals surface area contributed by atoms with E-state index in [0.717, 1.165) is 5.69 Å². The number of rotatable bonds is 5. The molecule has 0 bridgehead atoms. The first-order valence-electron chi connectivity index (χ1n) is 5.84. The maximum atomic E-state index is 11.2. The van der Waals surface area contributed by atoms with Crippen molar-refractivity contribution in [1.82, 2.24) is 0 Å². The predicted octanol–water partition coefficient (Wildman–Crippen LogP) is 2.81. The molecule has 0 aliphatic heterocycles. The molecule has 1 amide bonds. The minimum Gasteiger partial charge on any atom is -0.365 e. The van der Waals surface area contributed by atoms with E-state index in [9.17, 15) is 4.79 Å². The Kier molecular flexibility index (Phi) is 5.46. The van der Waals surface area contributed by atoms with Gasteiger partial charge in [0.1, 0.15) is 11.6 Å². The van der Waals surface area contributed by atoms with E-state index in [1.54, 1.807) is 6.26 Å². The second-order valence-corrected chi connectivity index (χ2v) is 5.10. The van der Waals surface area contributed by atoms with E-state index >= 15 is 0 Å². The van der Waals surface area contributed by atoms with Gasteiger partial charge in [-0.25, -0.2) is 0 Å². The van der Waals surface area contributed by atoms with Crippen LogP contribution in [-0.4, -0.2) is 12.2 Å². The van der Waals surface area contributed by atoms with Gasteiger partial charge in [-0.15, -0.1) is 11.8 Å². The van der Waals surface area contributed by atoms with Crippen LogP contribution in [0.3, 0.4) is 0 Å². The molecular weight excluding hydrogens is 258 g/mol. The quantitative estimate of drug-likeness (QED) is 0.639. The maximum absolute atomic E-state index is 11.2. The largest absolute Gasteiger partial charge is 0.365 e. The van der Waals surface area contributed by atoms with Crippen LogP contribution in [0, 0.1) is 11.3 Å². The number of carbonyl (C=O) groups excluding carboxylic acids is 1. The fourth-order valence-corrected chi connectivity index (χ4v) is 2.09. The summed E-state index contributed by atoms with van der Waals surface area (Å²) in [6.07, 6.45) is 1.78. The minimum absolute atomic E-state index is 0.0552. The molecule has 1 aromatic carbocycles. The van der Waals surface area contributed by atoms with Crippen LogP contribution in [-0.2, 0) is 4.79 Å². The van der Waals surface area contributed by atoms with Gasteiger partial charge in [-0.05, 0) is 29.9 Å². The number of nitrogens with two attached hydrogens (primary N) is 1. The Morgan fingerprint density at radius 3 is 2.32 bits per heavy atom. The smallest absolute Gasteiger partial charge is 0.262 e. The second kappa shape index (κ2) is 6.86. The zero-order valence-electron chi connectivity index (χ0n) is 11.2. The van der Waals surface area contributed by atoms with Crippen LogP contribution in [0.15, 0.2) is 34.9 Å². The molecular formula is C14H17N3OS. The topological polar surface area (TPSA) is 78.9 Å². The van der Waals surface area contributed by atoms with Crippen molar-refractivity contribution in [3.8, 4) is 6.07 Å². The Hall–Kier alpha value is -1.93. The molecule has 0 radical (unpaired) electrons. The fraction of sp³-hybridized carbons (Fsp3) is 0.286. The lowest BCUT2D eigenvalue weighted by Gasteiger charge is -2.11.